The Balaban J connectivity index is 1.95. The van der Waals surface area contributed by atoms with Crippen molar-refractivity contribution < 1.29 is 9.18 Å². The van der Waals surface area contributed by atoms with E-state index < -0.39 is 5.82 Å². The first-order valence-electron chi connectivity index (χ1n) is 8.25. The number of pyridine rings is 2. The minimum absolute atomic E-state index is 0.265. The molecule has 138 valence electrons. The van der Waals surface area contributed by atoms with Gasteiger partial charge in [-0.2, -0.15) is 0 Å². The summed E-state index contributed by atoms with van der Waals surface area (Å²) in [5.41, 5.74) is 2.65. The molecule has 3 aromatic rings. The Morgan fingerprint density at radius 1 is 0.889 bits per heavy atom. The van der Waals surface area contributed by atoms with Gasteiger partial charge in [0.2, 0.25) is 0 Å². The molecule has 0 fully saturated rings. The molecule has 27 heavy (non-hydrogen) atoms. The molecule has 4 N–H and O–H groups in total. The van der Waals surface area contributed by atoms with Crippen LogP contribution < -0.4 is 21.3 Å². The van der Waals surface area contributed by atoms with Gasteiger partial charge in [-0.3, -0.25) is 4.79 Å². The molecule has 2 heterocycles. The molecule has 0 atom stereocenters. The first kappa shape index (κ1) is 18.1. The molecule has 0 aliphatic rings. The van der Waals surface area contributed by atoms with E-state index in [1.807, 2.05) is 31.3 Å². The van der Waals surface area contributed by atoms with Gasteiger partial charge in [-0.15, -0.1) is 0 Å². The number of carbonyl (C=O) groups excluding carboxylic acids is 1. The second-order valence-electron chi connectivity index (χ2n) is 5.60. The topological polar surface area (TPSA) is 91.0 Å². The lowest BCUT2D eigenvalue weighted by molar-refractivity contribution is 0.0963. The number of anilines is 5. The van der Waals surface area contributed by atoms with Crippen molar-refractivity contribution in [1.82, 2.24) is 15.3 Å². The van der Waals surface area contributed by atoms with Gasteiger partial charge in [-0.25, -0.2) is 14.4 Å². The van der Waals surface area contributed by atoms with Crippen molar-refractivity contribution in [3.05, 3.63) is 66.2 Å². The maximum Gasteiger partial charge on any atom is 0.254 e. The number of aromatic nitrogens is 2. The minimum Gasteiger partial charge on any atom is -0.386 e. The third-order valence-corrected chi connectivity index (χ3v) is 3.82. The molecule has 0 bridgehead atoms. The van der Waals surface area contributed by atoms with E-state index in [4.69, 9.17) is 0 Å². The maximum absolute atomic E-state index is 13.0. The first-order valence-corrected chi connectivity index (χ1v) is 8.25. The fourth-order valence-electron chi connectivity index (χ4n) is 2.48. The summed E-state index contributed by atoms with van der Waals surface area (Å²) in [7, 11) is 3.38. The van der Waals surface area contributed by atoms with Crippen molar-refractivity contribution in [2.24, 2.45) is 0 Å². The molecule has 0 saturated carbocycles. The largest absolute Gasteiger partial charge is 0.386 e. The fraction of sp³-hybridized carbons (Fsp3) is 0.105. The van der Waals surface area contributed by atoms with Crippen LogP contribution in [0.5, 0.6) is 0 Å². The molecule has 0 aliphatic heterocycles. The second-order valence-corrected chi connectivity index (χ2v) is 5.60. The van der Waals surface area contributed by atoms with Gasteiger partial charge >= 0.3 is 0 Å². The standard InChI is InChI=1S/C19H19FN6O/c1-21-14-5-3-4-6-15(14)25-16-9-18(24-11-13(16)19(27)22-2)26-17-8-7-12(20)10-23-17/h3-11,21H,1-2H3,(H,22,27)(H2,23,24,25,26). The van der Waals surface area contributed by atoms with E-state index in [1.54, 1.807) is 13.1 Å². The SMILES string of the molecule is CNC(=O)c1cnc(Nc2ccc(F)cn2)cc1Nc1ccccc1NC. The van der Waals surface area contributed by atoms with Crippen molar-refractivity contribution in [3.8, 4) is 0 Å². The van der Waals surface area contributed by atoms with Crippen LogP contribution in [-0.4, -0.2) is 30.0 Å². The number of nitrogens with one attached hydrogen (secondary N) is 4. The maximum atomic E-state index is 13.0. The molecule has 8 heteroatoms. The third kappa shape index (κ3) is 4.30. The van der Waals surface area contributed by atoms with Crippen molar-refractivity contribution in [3.63, 3.8) is 0 Å². The second kappa shape index (κ2) is 8.13. The summed E-state index contributed by atoms with van der Waals surface area (Å²) in [6, 6.07) is 12.1. The van der Waals surface area contributed by atoms with Gasteiger partial charge in [0.05, 0.1) is 28.8 Å². The molecule has 0 unspecified atom stereocenters. The Bertz CT molecular complexity index is 945. The quantitative estimate of drug-likeness (QED) is 0.534. The summed E-state index contributed by atoms with van der Waals surface area (Å²) >= 11 is 0. The Hall–Kier alpha value is -3.68. The van der Waals surface area contributed by atoms with Crippen molar-refractivity contribution in [1.29, 1.82) is 0 Å². The number of halogens is 1. The average molecular weight is 366 g/mol. The molecular formula is C19H19FN6O. The number of hydrogen-bond donors (Lipinski definition) is 4. The van der Waals surface area contributed by atoms with E-state index in [9.17, 15) is 9.18 Å². The van der Waals surface area contributed by atoms with Gasteiger partial charge in [0.1, 0.15) is 17.5 Å². The molecule has 0 saturated heterocycles. The number of carbonyl (C=O) groups is 1. The number of rotatable bonds is 6. The van der Waals surface area contributed by atoms with E-state index >= 15 is 0 Å². The van der Waals surface area contributed by atoms with Crippen LogP contribution in [0, 0.1) is 5.82 Å². The van der Waals surface area contributed by atoms with E-state index in [-0.39, 0.29) is 5.91 Å². The Morgan fingerprint density at radius 2 is 1.63 bits per heavy atom. The zero-order chi connectivity index (χ0) is 19.2. The predicted molar refractivity (Wildman–Crippen MR) is 104 cm³/mol. The van der Waals surface area contributed by atoms with Crippen LogP contribution in [0.3, 0.4) is 0 Å². The molecular weight excluding hydrogens is 347 g/mol. The van der Waals surface area contributed by atoms with Crippen LogP contribution in [0.4, 0.5) is 33.1 Å². The van der Waals surface area contributed by atoms with E-state index in [0.29, 0.717) is 22.9 Å². The Morgan fingerprint density at radius 3 is 2.30 bits per heavy atom. The van der Waals surface area contributed by atoms with Crippen LogP contribution in [0.2, 0.25) is 0 Å². The highest BCUT2D eigenvalue weighted by molar-refractivity contribution is 6.00. The summed E-state index contributed by atoms with van der Waals surface area (Å²) in [6.07, 6.45) is 2.58. The van der Waals surface area contributed by atoms with E-state index in [2.05, 4.69) is 31.2 Å². The number of benzene rings is 1. The lowest BCUT2D eigenvalue weighted by Crippen LogP contribution is -2.19. The van der Waals surface area contributed by atoms with Gasteiger partial charge in [-0.1, -0.05) is 12.1 Å². The highest BCUT2D eigenvalue weighted by Crippen LogP contribution is 2.28. The molecule has 7 nitrogen and oxygen atoms in total. The summed E-state index contributed by atoms with van der Waals surface area (Å²) < 4.78 is 13.0. The van der Waals surface area contributed by atoms with Gasteiger partial charge in [-0.05, 0) is 24.3 Å². The minimum atomic E-state index is -0.422. The molecule has 1 aromatic carbocycles. The number of nitrogens with zero attached hydrogens (tertiary/aromatic N) is 2. The van der Waals surface area contributed by atoms with Crippen LogP contribution in [0.15, 0.2) is 54.9 Å². The third-order valence-electron chi connectivity index (χ3n) is 3.82. The van der Waals surface area contributed by atoms with Gasteiger partial charge in [0.25, 0.3) is 5.91 Å². The monoisotopic (exact) mass is 366 g/mol. The molecule has 1 amide bonds. The lowest BCUT2D eigenvalue weighted by Gasteiger charge is -2.15. The molecule has 3 rings (SSSR count). The normalized spacial score (nSPS) is 10.2. The predicted octanol–water partition coefficient (Wildman–Crippen LogP) is 3.50. The van der Waals surface area contributed by atoms with Crippen LogP contribution >= 0.6 is 0 Å². The van der Waals surface area contributed by atoms with E-state index in [0.717, 1.165) is 17.6 Å². The summed E-state index contributed by atoms with van der Waals surface area (Å²) in [4.78, 5) is 20.4. The van der Waals surface area contributed by atoms with Crippen molar-refractivity contribution in [2.75, 3.05) is 30.0 Å². The number of amides is 1. The molecule has 0 spiro atoms. The molecule has 0 aliphatic carbocycles. The Labute approximate surface area is 156 Å². The van der Waals surface area contributed by atoms with Crippen LogP contribution in [-0.2, 0) is 0 Å². The molecule has 2 aromatic heterocycles. The first-order chi connectivity index (χ1) is 13.1. The lowest BCUT2D eigenvalue weighted by atomic mass is 10.2. The van der Waals surface area contributed by atoms with Gasteiger partial charge in [0.15, 0.2) is 0 Å². The average Bonchev–Trinajstić information content (AvgIpc) is 2.70. The van der Waals surface area contributed by atoms with Gasteiger partial charge < -0.3 is 21.3 Å². The van der Waals surface area contributed by atoms with E-state index in [1.165, 1.54) is 18.3 Å². The van der Waals surface area contributed by atoms with Crippen molar-refractivity contribution >= 4 is 34.6 Å². The van der Waals surface area contributed by atoms with Crippen molar-refractivity contribution in [2.45, 2.75) is 0 Å². The molecule has 0 radical (unpaired) electrons. The fourth-order valence-corrected chi connectivity index (χ4v) is 2.48. The highest BCUT2D eigenvalue weighted by atomic mass is 19.1. The number of hydrogen-bond acceptors (Lipinski definition) is 6. The van der Waals surface area contributed by atoms with Crippen LogP contribution in [0.1, 0.15) is 10.4 Å². The summed E-state index contributed by atoms with van der Waals surface area (Å²) in [5, 5.41) is 12.0. The van der Waals surface area contributed by atoms with Crippen LogP contribution in [0.25, 0.3) is 0 Å². The van der Waals surface area contributed by atoms with Gasteiger partial charge in [0, 0.05) is 26.4 Å². The Kier molecular flexibility index (Phi) is 5.46. The zero-order valence-electron chi connectivity index (χ0n) is 14.9. The summed E-state index contributed by atoms with van der Waals surface area (Å²) in [5.74, 6) is 0.220. The zero-order valence-corrected chi connectivity index (χ0v) is 14.9. The number of para-hydroxylation sites is 2. The summed E-state index contributed by atoms with van der Waals surface area (Å²) in [6.45, 7) is 0. The smallest absolute Gasteiger partial charge is 0.254 e. The highest BCUT2D eigenvalue weighted by Gasteiger charge is 2.14.